The van der Waals surface area contributed by atoms with Gasteiger partial charge in [0, 0.05) is 19.1 Å². The molecule has 1 fully saturated rings. The summed E-state index contributed by atoms with van der Waals surface area (Å²) in [5.41, 5.74) is 6.16. The van der Waals surface area contributed by atoms with Gasteiger partial charge in [-0.2, -0.15) is 8.75 Å². The lowest BCUT2D eigenvalue weighted by molar-refractivity contribution is 0.0568. The molecular weight excluding hydrogens is 260 g/mol. The number of likely N-dealkylation sites (tertiary alicyclic amines) is 1. The van der Waals surface area contributed by atoms with Gasteiger partial charge in [0.15, 0.2) is 5.69 Å². The third-order valence-corrected chi connectivity index (χ3v) is 3.57. The van der Waals surface area contributed by atoms with Gasteiger partial charge in [0.25, 0.3) is 5.91 Å². The Balaban J connectivity index is 0.00000144. The number of rotatable bonds is 2. The lowest BCUT2D eigenvalue weighted by Gasteiger charge is -2.37. The molecule has 2 N–H and O–H groups in total. The Morgan fingerprint density at radius 3 is 3.06 bits per heavy atom. The van der Waals surface area contributed by atoms with E-state index in [0.717, 1.165) is 31.1 Å². The van der Waals surface area contributed by atoms with Crippen LogP contribution in [-0.4, -0.2) is 38.7 Å². The van der Waals surface area contributed by atoms with Crippen LogP contribution in [0.25, 0.3) is 0 Å². The predicted molar refractivity (Wildman–Crippen MR) is 69.4 cm³/mol. The van der Waals surface area contributed by atoms with Gasteiger partial charge in [-0.05, 0) is 18.8 Å². The molecule has 0 bridgehead atoms. The number of hydrogen-bond acceptors (Lipinski definition) is 5. The highest BCUT2D eigenvalue weighted by Gasteiger charge is 2.30. The fraction of sp³-hybridized carbons (Fsp3) is 0.700. The molecule has 2 atom stereocenters. The zero-order chi connectivity index (χ0) is 11.5. The average Bonchev–Trinajstić information content (AvgIpc) is 2.81. The molecule has 1 aliphatic heterocycles. The van der Waals surface area contributed by atoms with E-state index in [4.69, 9.17) is 5.73 Å². The van der Waals surface area contributed by atoms with Crippen molar-refractivity contribution in [2.75, 3.05) is 13.1 Å². The normalized spacial score (nSPS) is 24.2. The second-order valence-electron chi connectivity index (χ2n) is 4.31. The van der Waals surface area contributed by atoms with Gasteiger partial charge in [-0.1, -0.05) is 6.92 Å². The summed E-state index contributed by atoms with van der Waals surface area (Å²) in [5.74, 6) is 0.613. The fourth-order valence-electron chi connectivity index (χ4n) is 2.15. The Morgan fingerprint density at radius 2 is 2.47 bits per heavy atom. The number of carbonyl (C=O) groups excluding carboxylic acids is 1. The molecule has 1 amide bonds. The molecule has 2 unspecified atom stereocenters. The third-order valence-electron chi connectivity index (χ3n) is 3.09. The zero-order valence-electron chi connectivity index (χ0n) is 9.70. The largest absolute Gasteiger partial charge is 0.333 e. The van der Waals surface area contributed by atoms with Crippen LogP contribution in [0.4, 0.5) is 0 Å². The number of carbonyl (C=O) groups is 1. The molecule has 5 nitrogen and oxygen atoms in total. The average molecular weight is 277 g/mol. The van der Waals surface area contributed by atoms with Crippen LogP contribution in [0.15, 0.2) is 6.20 Å². The number of amides is 1. The van der Waals surface area contributed by atoms with Gasteiger partial charge < -0.3 is 10.6 Å². The molecule has 1 aromatic rings. The Hall–Kier alpha value is -0.720. The van der Waals surface area contributed by atoms with E-state index in [-0.39, 0.29) is 24.4 Å². The minimum atomic E-state index is -0.0314. The molecule has 1 aromatic heterocycles. The highest BCUT2D eigenvalue weighted by Crippen LogP contribution is 2.23. The Labute approximate surface area is 111 Å². The van der Waals surface area contributed by atoms with Gasteiger partial charge in [0.05, 0.1) is 17.9 Å². The van der Waals surface area contributed by atoms with E-state index in [1.807, 2.05) is 4.90 Å². The Morgan fingerprint density at radius 1 is 1.71 bits per heavy atom. The van der Waals surface area contributed by atoms with Crippen LogP contribution in [0, 0.1) is 5.92 Å². The molecule has 7 heteroatoms. The maximum Gasteiger partial charge on any atom is 0.275 e. The second kappa shape index (κ2) is 6.28. The monoisotopic (exact) mass is 276 g/mol. The van der Waals surface area contributed by atoms with Gasteiger partial charge in [-0.3, -0.25) is 4.79 Å². The van der Waals surface area contributed by atoms with Crippen LogP contribution < -0.4 is 5.73 Å². The zero-order valence-corrected chi connectivity index (χ0v) is 11.3. The fourth-order valence-corrected chi connectivity index (χ4v) is 2.56. The van der Waals surface area contributed by atoms with Crippen LogP contribution in [-0.2, 0) is 0 Å². The van der Waals surface area contributed by atoms with E-state index in [1.165, 1.54) is 6.20 Å². The second-order valence-corrected chi connectivity index (χ2v) is 4.87. The van der Waals surface area contributed by atoms with E-state index in [2.05, 4.69) is 15.7 Å². The minimum absolute atomic E-state index is 0. The van der Waals surface area contributed by atoms with Gasteiger partial charge >= 0.3 is 0 Å². The van der Waals surface area contributed by atoms with Crippen molar-refractivity contribution in [3.63, 3.8) is 0 Å². The molecule has 0 aliphatic carbocycles. The SMILES string of the molecule is CC1CCN(C(=O)c2cnsn2)C(CN)C1.Cl. The van der Waals surface area contributed by atoms with Crippen molar-refractivity contribution in [1.82, 2.24) is 13.6 Å². The predicted octanol–water partition coefficient (Wildman–Crippen LogP) is 1.16. The minimum Gasteiger partial charge on any atom is -0.333 e. The molecule has 1 aliphatic rings. The number of nitrogens with two attached hydrogens (primary N) is 1. The van der Waals surface area contributed by atoms with Crippen LogP contribution in [0.1, 0.15) is 30.3 Å². The summed E-state index contributed by atoms with van der Waals surface area (Å²) in [6.45, 7) is 3.50. The van der Waals surface area contributed by atoms with Crippen molar-refractivity contribution in [2.45, 2.75) is 25.8 Å². The standard InChI is InChI=1S/C10H16N4OS.ClH/c1-7-2-3-14(8(4-7)5-11)10(15)9-6-12-16-13-9;/h6-8H,2-5,11H2,1H3;1H. The smallest absolute Gasteiger partial charge is 0.275 e. The van der Waals surface area contributed by atoms with Crippen molar-refractivity contribution in [3.8, 4) is 0 Å². The van der Waals surface area contributed by atoms with E-state index in [0.29, 0.717) is 18.2 Å². The maximum atomic E-state index is 12.1. The quantitative estimate of drug-likeness (QED) is 0.880. The van der Waals surface area contributed by atoms with Gasteiger partial charge in [0.1, 0.15) is 0 Å². The van der Waals surface area contributed by atoms with Crippen molar-refractivity contribution in [1.29, 1.82) is 0 Å². The summed E-state index contributed by atoms with van der Waals surface area (Å²) in [6, 6.07) is 0.151. The molecule has 2 heterocycles. The molecule has 0 saturated carbocycles. The molecule has 0 aromatic carbocycles. The van der Waals surface area contributed by atoms with Gasteiger partial charge in [-0.15, -0.1) is 12.4 Å². The number of hydrogen-bond donors (Lipinski definition) is 1. The lowest BCUT2D eigenvalue weighted by Crippen LogP contribution is -2.49. The Kier molecular flexibility index (Phi) is 5.30. The molecule has 1 saturated heterocycles. The van der Waals surface area contributed by atoms with Crippen molar-refractivity contribution < 1.29 is 4.79 Å². The summed E-state index contributed by atoms with van der Waals surface area (Å²) in [4.78, 5) is 14.0. The first-order valence-electron chi connectivity index (χ1n) is 5.51. The first-order chi connectivity index (χ1) is 7.72. The van der Waals surface area contributed by atoms with Crippen LogP contribution in [0.5, 0.6) is 0 Å². The van der Waals surface area contributed by atoms with Crippen molar-refractivity contribution >= 4 is 30.0 Å². The highest BCUT2D eigenvalue weighted by atomic mass is 35.5. The summed E-state index contributed by atoms with van der Waals surface area (Å²) in [6.07, 6.45) is 3.55. The van der Waals surface area contributed by atoms with Crippen molar-refractivity contribution in [3.05, 3.63) is 11.9 Å². The van der Waals surface area contributed by atoms with Gasteiger partial charge in [-0.25, -0.2) is 0 Å². The third kappa shape index (κ3) is 3.14. The molecular formula is C10H17ClN4OS. The highest BCUT2D eigenvalue weighted by molar-refractivity contribution is 6.99. The van der Waals surface area contributed by atoms with Crippen LogP contribution in [0.3, 0.4) is 0 Å². The number of halogens is 1. The van der Waals surface area contributed by atoms with Crippen LogP contribution in [0.2, 0.25) is 0 Å². The molecule has 0 spiro atoms. The summed E-state index contributed by atoms with van der Waals surface area (Å²) in [5, 5.41) is 0. The molecule has 2 rings (SSSR count). The summed E-state index contributed by atoms with van der Waals surface area (Å²) in [7, 11) is 0. The molecule has 17 heavy (non-hydrogen) atoms. The van der Waals surface area contributed by atoms with Crippen molar-refractivity contribution in [2.24, 2.45) is 11.7 Å². The lowest BCUT2D eigenvalue weighted by atomic mass is 9.92. The first kappa shape index (κ1) is 14.3. The van der Waals surface area contributed by atoms with E-state index in [1.54, 1.807) is 0 Å². The maximum absolute atomic E-state index is 12.1. The molecule has 96 valence electrons. The van der Waals surface area contributed by atoms with E-state index in [9.17, 15) is 4.79 Å². The van der Waals surface area contributed by atoms with E-state index < -0.39 is 0 Å². The number of nitrogens with zero attached hydrogens (tertiary/aromatic N) is 3. The Bertz CT molecular complexity index is 359. The van der Waals surface area contributed by atoms with E-state index >= 15 is 0 Å². The molecule has 0 radical (unpaired) electrons. The van der Waals surface area contributed by atoms with Gasteiger partial charge in [0.2, 0.25) is 0 Å². The first-order valence-corrected chi connectivity index (χ1v) is 6.24. The topological polar surface area (TPSA) is 72.1 Å². The summed E-state index contributed by atoms with van der Waals surface area (Å²) < 4.78 is 7.83. The summed E-state index contributed by atoms with van der Waals surface area (Å²) >= 11 is 1.06. The van der Waals surface area contributed by atoms with Crippen LogP contribution >= 0.6 is 24.1 Å². The number of aromatic nitrogens is 2. The number of piperidine rings is 1.